The van der Waals surface area contributed by atoms with Crippen LogP contribution in [0.15, 0.2) is 53.9 Å². The van der Waals surface area contributed by atoms with Crippen molar-refractivity contribution in [2.75, 3.05) is 11.9 Å². The Morgan fingerprint density at radius 2 is 1.61 bits per heavy atom. The molecule has 1 aromatic heterocycles. The minimum absolute atomic E-state index is 0.0102. The molecule has 0 spiro atoms. The molecule has 11 heteroatoms. The SMILES string of the molecule is O=C(Cc1csc(-c2ccc(C(F)(F)F)cc2)n1)Nc1ccc(OCC(F)(F)F)cc1. The van der Waals surface area contributed by atoms with E-state index >= 15 is 0 Å². The Morgan fingerprint density at radius 3 is 2.19 bits per heavy atom. The van der Waals surface area contributed by atoms with Crippen LogP contribution in [0.5, 0.6) is 5.75 Å². The van der Waals surface area contributed by atoms with Crippen molar-refractivity contribution in [2.24, 2.45) is 0 Å². The molecule has 164 valence electrons. The first-order chi connectivity index (χ1) is 14.5. The van der Waals surface area contributed by atoms with Gasteiger partial charge >= 0.3 is 12.4 Å². The molecular weight excluding hydrogens is 446 g/mol. The number of rotatable bonds is 6. The van der Waals surface area contributed by atoms with Crippen LogP contribution in [-0.2, 0) is 17.4 Å². The summed E-state index contributed by atoms with van der Waals surface area (Å²) in [5, 5.41) is 4.69. The normalized spacial score (nSPS) is 11.9. The first-order valence-electron chi connectivity index (χ1n) is 8.71. The fraction of sp³-hybridized carbons (Fsp3) is 0.200. The second-order valence-corrected chi connectivity index (χ2v) is 7.23. The van der Waals surface area contributed by atoms with Gasteiger partial charge in [0.1, 0.15) is 10.8 Å². The Labute approximate surface area is 176 Å². The number of ether oxygens (including phenoxy) is 1. The van der Waals surface area contributed by atoms with Gasteiger partial charge in [-0.1, -0.05) is 12.1 Å². The molecule has 0 saturated carbocycles. The van der Waals surface area contributed by atoms with Crippen LogP contribution in [0, 0.1) is 0 Å². The van der Waals surface area contributed by atoms with E-state index in [2.05, 4.69) is 15.0 Å². The van der Waals surface area contributed by atoms with E-state index in [0.29, 0.717) is 22.0 Å². The number of hydrogen-bond acceptors (Lipinski definition) is 4. The van der Waals surface area contributed by atoms with Crippen LogP contribution in [0.2, 0.25) is 0 Å². The minimum Gasteiger partial charge on any atom is -0.484 e. The number of hydrogen-bond donors (Lipinski definition) is 1. The molecule has 0 aliphatic carbocycles. The fourth-order valence-corrected chi connectivity index (χ4v) is 3.32. The molecule has 31 heavy (non-hydrogen) atoms. The summed E-state index contributed by atoms with van der Waals surface area (Å²) >= 11 is 1.19. The molecule has 4 nitrogen and oxygen atoms in total. The number of thiazole rings is 1. The number of anilines is 1. The quantitative estimate of drug-likeness (QED) is 0.463. The van der Waals surface area contributed by atoms with E-state index in [0.717, 1.165) is 12.1 Å². The van der Waals surface area contributed by atoms with Gasteiger partial charge in [0.2, 0.25) is 5.91 Å². The highest BCUT2D eigenvalue weighted by atomic mass is 32.1. The third-order valence-corrected chi connectivity index (χ3v) is 4.83. The average Bonchev–Trinajstić information content (AvgIpc) is 3.14. The summed E-state index contributed by atoms with van der Waals surface area (Å²) in [5.41, 5.74) is 0.534. The van der Waals surface area contributed by atoms with Gasteiger partial charge in [-0.2, -0.15) is 26.3 Å². The smallest absolute Gasteiger partial charge is 0.422 e. The summed E-state index contributed by atoms with van der Waals surface area (Å²) in [5.74, 6) is -0.399. The zero-order valence-electron chi connectivity index (χ0n) is 15.6. The lowest BCUT2D eigenvalue weighted by atomic mass is 10.1. The van der Waals surface area contributed by atoms with Crippen molar-refractivity contribution in [1.82, 2.24) is 4.98 Å². The van der Waals surface area contributed by atoms with Crippen molar-refractivity contribution in [2.45, 2.75) is 18.8 Å². The maximum Gasteiger partial charge on any atom is 0.422 e. The second kappa shape index (κ2) is 8.96. The highest BCUT2D eigenvalue weighted by Crippen LogP contribution is 2.32. The van der Waals surface area contributed by atoms with Crippen LogP contribution in [0.25, 0.3) is 10.6 Å². The average molecular weight is 460 g/mol. The molecule has 0 atom stereocenters. The van der Waals surface area contributed by atoms with Gasteiger partial charge < -0.3 is 10.1 Å². The number of carbonyl (C=O) groups is 1. The van der Waals surface area contributed by atoms with Crippen LogP contribution in [-0.4, -0.2) is 23.7 Å². The number of nitrogens with one attached hydrogen (secondary N) is 1. The van der Waals surface area contributed by atoms with Gasteiger partial charge in [0.15, 0.2) is 6.61 Å². The summed E-state index contributed by atoms with van der Waals surface area (Å²) in [6.45, 7) is -1.41. The van der Waals surface area contributed by atoms with Gasteiger partial charge in [0, 0.05) is 16.6 Å². The van der Waals surface area contributed by atoms with Crippen LogP contribution < -0.4 is 10.1 Å². The van der Waals surface area contributed by atoms with E-state index in [1.54, 1.807) is 5.38 Å². The van der Waals surface area contributed by atoms with Crippen molar-refractivity contribution in [1.29, 1.82) is 0 Å². The molecule has 0 aliphatic rings. The second-order valence-electron chi connectivity index (χ2n) is 6.37. The van der Waals surface area contributed by atoms with Gasteiger partial charge in [0.25, 0.3) is 0 Å². The Morgan fingerprint density at radius 1 is 0.968 bits per heavy atom. The van der Waals surface area contributed by atoms with E-state index in [9.17, 15) is 31.1 Å². The number of nitrogens with zero attached hydrogens (tertiary/aromatic N) is 1. The molecule has 0 bridgehead atoms. The maximum atomic E-state index is 12.6. The molecule has 3 aromatic rings. The van der Waals surface area contributed by atoms with Gasteiger partial charge in [-0.05, 0) is 36.4 Å². The first-order valence-corrected chi connectivity index (χ1v) is 9.59. The molecular formula is C20H14F6N2O2S. The number of carbonyl (C=O) groups excluding carboxylic acids is 1. The maximum absolute atomic E-state index is 12.6. The molecule has 1 amide bonds. The third kappa shape index (κ3) is 6.71. The van der Waals surface area contributed by atoms with Gasteiger partial charge in [-0.15, -0.1) is 11.3 Å². The summed E-state index contributed by atoms with van der Waals surface area (Å²) in [4.78, 5) is 16.4. The zero-order chi connectivity index (χ0) is 22.6. The van der Waals surface area contributed by atoms with Crippen LogP contribution in [0.3, 0.4) is 0 Å². The van der Waals surface area contributed by atoms with Gasteiger partial charge in [-0.3, -0.25) is 4.79 Å². The fourth-order valence-electron chi connectivity index (χ4n) is 2.49. The summed E-state index contributed by atoms with van der Waals surface area (Å²) in [6.07, 6.45) is -8.95. The molecule has 0 aliphatic heterocycles. The van der Waals surface area contributed by atoms with Crippen molar-refractivity contribution >= 4 is 22.9 Å². The van der Waals surface area contributed by atoms with Crippen molar-refractivity contribution < 1.29 is 35.9 Å². The first kappa shape index (κ1) is 22.6. The molecule has 1 heterocycles. The number of amides is 1. The Hall–Kier alpha value is -3.08. The number of halogens is 6. The van der Waals surface area contributed by atoms with Gasteiger partial charge in [-0.25, -0.2) is 4.98 Å². The van der Waals surface area contributed by atoms with Crippen molar-refractivity contribution in [3.05, 3.63) is 65.2 Å². The molecule has 0 radical (unpaired) electrons. The van der Waals surface area contributed by atoms with Crippen LogP contribution in [0.4, 0.5) is 32.0 Å². The number of aromatic nitrogens is 1. The molecule has 3 rings (SSSR count). The summed E-state index contributed by atoms with van der Waals surface area (Å²) in [6, 6.07) is 9.95. The Balaban J connectivity index is 1.56. The Bertz CT molecular complexity index is 1030. The molecule has 0 fully saturated rings. The van der Waals surface area contributed by atoms with E-state index in [-0.39, 0.29) is 12.2 Å². The molecule has 1 N–H and O–H groups in total. The number of alkyl halides is 6. The minimum atomic E-state index is -4.44. The summed E-state index contributed by atoms with van der Waals surface area (Å²) < 4.78 is 79.0. The lowest BCUT2D eigenvalue weighted by Gasteiger charge is -2.10. The monoisotopic (exact) mass is 460 g/mol. The lowest BCUT2D eigenvalue weighted by molar-refractivity contribution is -0.153. The van der Waals surface area contributed by atoms with Gasteiger partial charge in [0.05, 0.1) is 17.7 Å². The molecule has 2 aromatic carbocycles. The Kier molecular flexibility index (Phi) is 6.54. The van der Waals surface area contributed by atoms with E-state index in [1.807, 2.05) is 0 Å². The zero-order valence-corrected chi connectivity index (χ0v) is 16.4. The predicted molar refractivity (Wildman–Crippen MR) is 103 cm³/mol. The van der Waals surface area contributed by atoms with E-state index < -0.39 is 30.4 Å². The van der Waals surface area contributed by atoms with E-state index in [4.69, 9.17) is 0 Å². The lowest BCUT2D eigenvalue weighted by Crippen LogP contribution is -2.19. The van der Waals surface area contributed by atoms with Crippen molar-refractivity contribution in [3.8, 4) is 16.3 Å². The topological polar surface area (TPSA) is 51.2 Å². The highest BCUT2D eigenvalue weighted by molar-refractivity contribution is 7.13. The van der Waals surface area contributed by atoms with Crippen LogP contribution in [0.1, 0.15) is 11.3 Å². The predicted octanol–water partition coefficient (Wildman–Crippen LogP) is 5.95. The highest BCUT2D eigenvalue weighted by Gasteiger charge is 2.30. The molecule has 0 unspecified atom stereocenters. The van der Waals surface area contributed by atoms with Crippen molar-refractivity contribution in [3.63, 3.8) is 0 Å². The largest absolute Gasteiger partial charge is 0.484 e. The van der Waals surface area contributed by atoms with Crippen LogP contribution >= 0.6 is 11.3 Å². The summed E-state index contributed by atoms with van der Waals surface area (Å²) in [7, 11) is 0. The number of benzene rings is 2. The molecule has 0 saturated heterocycles. The third-order valence-electron chi connectivity index (χ3n) is 3.89. The van der Waals surface area contributed by atoms with E-state index in [1.165, 1.54) is 47.7 Å². The standard InChI is InChI=1S/C20H14F6N2O2S/c21-19(22,23)11-30-16-7-5-14(6-8-16)27-17(29)9-15-10-31-18(28-15)12-1-3-13(4-2-12)20(24,25)26/h1-8,10H,9,11H2,(H,27,29).